The van der Waals surface area contributed by atoms with Crippen LogP contribution in [-0.4, -0.2) is 11.1 Å². The quantitative estimate of drug-likeness (QED) is 0.347. The third-order valence-corrected chi connectivity index (χ3v) is 4.68. The molecule has 2 nitrogen and oxygen atoms in total. The molecule has 0 saturated heterocycles. The molecule has 1 unspecified atom stereocenters. The lowest BCUT2D eigenvalue weighted by molar-refractivity contribution is -0.149. The Kier molecular flexibility index (Phi) is 12.8. The van der Waals surface area contributed by atoms with Crippen molar-refractivity contribution in [2.24, 2.45) is 5.41 Å². The molecule has 0 aliphatic heterocycles. The summed E-state index contributed by atoms with van der Waals surface area (Å²) in [5.74, 6) is -0.594. The molecule has 0 rings (SSSR count). The Balaban J connectivity index is 3.80. The Morgan fingerprint density at radius 3 is 1.38 bits per heavy atom. The average molecular weight is 299 g/mol. The van der Waals surface area contributed by atoms with Crippen molar-refractivity contribution in [3.8, 4) is 0 Å². The number of hydrogen-bond donors (Lipinski definition) is 1. The fourth-order valence-corrected chi connectivity index (χ4v) is 2.93. The highest BCUT2D eigenvalue weighted by atomic mass is 16.4. The minimum Gasteiger partial charge on any atom is -0.481 e. The molecule has 0 fully saturated rings. The maximum absolute atomic E-state index is 11.5. The smallest absolute Gasteiger partial charge is 0.309 e. The summed E-state index contributed by atoms with van der Waals surface area (Å²) >= 11 is 0. The van der Waals surface area contributed by atoms with E-state index in [1.54, 1.807) is 0 Å². The molecule has 0 amide bonds. The summed E-state index contributed by atoms with van der Waals surface area (Å²) in [6, 6.07) is 0. The maximum Gasteiger partial charge on any atom is 0.309 e. The van der Waals surface area contributed by atoms with Gasteiger partial charge in [0.05, 0.1) is 5.41 Å². The highest BCUT2D eigenvalue weighted by Crippen LogP contribution is 2.31. The molecular formula is C19H38O2. The van der Waals surface area contributed by atoms with Crippen LogP contribution >= 0.6 is 0 Å². The SMILES string of the molecule is CCCCCCCCCC(C)(CCCCCCC)C(=O)O. The third kappa shape index (κ3) is 10.8. The van der Waals surface area contributed by atoms with Gasteiger partial charge in [0, 0.05) is 0 Å². The minimum atomic E-state index is -0.594. The van der Waals surface area contributed by atoms with E-state index in [2.05, 4.69) is 13.8 Å². The van der Waals surface area contributed by atoms with Crippen LogP contribution in [0.3, 0.4) is 0 Å². The van der Waals surface area contributed by atoms with Gasteiger partial charge in [-0.25, -0.2) is 0 Å². The summed E-state index contributed by atoms with van der Waals surface area (Å²) in [5.41, 5.74) is -0.490. The molecule has 0 aromatic rings. The van der Waals surface area contributed by atoms with Crippen LogP contribution in [-0.2, 0) is 4.79 Å². The van der Waals surface area contributed by atoms with Crippen molar-refractivity contribution >= 4 is 5.97 Å². The van der Waals surface area contributed by atoms with Gasteiger partial charge < -0.3 is 5.11 Å². The van der Waals surface area contributed by atoms with Crippen LogP contribution in [0.5, 0.6) is 0 Å². The molecule has 0 aromatic heterocycles. The zero-order chi connectivity index (χ0) is 16.0. The van der Waals surface area contributed by atoms with E-state index in [0.29, 0.717) is 0 Å². The van der Waals surface area contributed by atoms with Gasteiger partial charge in [-0.05, 0) is 19.8 Å². The van der Waals surface area contributed by atoms with Crippen LogP contribution in [0.4, 0.5) is 0 Å². The Morgan fingerprint density at radius 1 is 0.714 bits per heavy atom. The molecule has 0 radical (unpaired) electrons. The molecule has 0 spiro atoms. The van der Waals surface area contributed by atoms with Gasteiger partial charge in [0.25, 0.3) is 0 Å². The van der Waals surface area contributed by atoms with E-state index in [1.165, 1.54) is 64.2 Å². The molecule has 0 bridgehead atoms. The monoisotopic (exact) mass is 298 g/mol. The van der Waals surface area contributed by atoms with E-state index < -0.39 is 11.4 Å². The molecule has 2 heteroatoms. The molecule has 0 aliphatic carbocycles. The molecule has 0 saturated carbocycles. The van der Waals surface area contributed by atoms with Crippen LogP contribution in [0, 0.1) is 5.41 Å². The fraction of sp³-hybridized carbons (Fsp3) is 0.947. The number of hydrogen-bond acceptors (Lipinski definition) is 1. The molecule has 0 aromatic carbocycles. The Hall–Kier alpha value is -0.530. The molecule has 1 atom stereocenters. The lowest BCUT2D eigenvalue weighted by Gasteiger charge is -2.24. The van der Waals surface area contributed by atoms with Crippen molar-refractivity contribution in [3.63, 3.8) is 0 Å². The number of carboxylic acids is 1. The summed E-state index contributed by atoms with van der Waals surface area (Å²) in [6.45, 7) is 6.40. The highest BCUT2D eigenvalue weighted by molar-refractivity contribution is 5.74. The van der Waals surface area contributed by atoms with E-state index in [0.717, 1.165) is 25.7 Å². The lowest BCUT2D eigenvalue weighted by atomic mass is 9.80. The topological polar surface area (TPSA) is 37.3 Å². The summed E-state index contributed by atoms with van der Waals surface area (Å²) < 4.78 is 0. The van der Waals surface area contributed by atoms with E-state index in [-0.39, 0.29) is 0 Å². The van der Waals surface area contributed by atoms with E-state index >= 15 is 0 Å². The lowest BCUT2D eigenvalue weighted by Crippen LogP contribution is -2.27. The van der Waals surface area contributed by atoms with E-state index in [9.17, 15) is 9.90 Å². The van der Waals surface area contributed by atoms with Crippen LogP contribution in [0.15, 0.2) is 0 Å². The second-order valence-corrected chi connectivity index (χ2v) is 6.90. The van der Waals surface area contributed by atoms with Crippen molar-refractivity contribution in [2.75, 3.05) is 0 Å². The molecule has 0 aliphatic rings. The van der Waals surface area contributed by atoms with Crippen LogP contribution < -0.4 is 0 Å². The zero-order valence-electron chi connectivity index (χ0n) is 14.8. The third-order valence-electron chi connectivity index (χ3n) is 4.68. The van der Waals surface area contributed by atoms with Gasteiger partial charge in [-0.1, -0.05) is 90.9 Å². The molecule has 1 N–H and O–H groups in total. The van der Waals surface area contributed by atoms with Gasteiger partial charge in [0.1, 0.15) is 0 Å². The predicted octanol–water partition coefficient (Wildman–Crippen LogP) is 6.58. The Bertz CT molecular complexity index is 250. The minimum absolute atomic E-state index is 0.490. The number of unbranched alkanes of at least 4 members (excludes halogenated alkanes) is 10. The van der Waals surface area contributed by atoms with Gasteiger partial charge in [0.15, 0.2) is 0 Å². The molecular weight excluding hydrogens is 260 g/mol. The van der Waals surface area contributed by atoms with Crippen molar-refractivity contribution in [2.45, 2.75) is 111 Å². The van der Waals surface area contributed by atoms with Gasteiger partial charge in [-0.2, -0.15) is 0 Å². The number of rotatable bonds is 15. The first-order valence-corrected chi connectivity index (χ1v) is 9.30. The van der Waals surface area contributed by atoms with Crippen molar-refractivity contribution in [1.82, 2.24) is 0 Å². The van der Waals surface area contributed by atoms with Gasteiger partial charge in [0.2, 0.25) is 0 Å². The number of carbonyl (C=O) groups is 1. The number of aliphatic carboxylic acids is 1. The van der Waals surface area contributed by atoms with Crippen LogP contribution in [0.25, 0.3) is 0 Å². The first kappa shape index (κ1) is 20.5. The van der Waals surface area contributed by atoms with Gasteiger partial charge in [-0.3, -0.25) is 4.79 Å². The molecule has 21 heavy (non-hydrogen) atoms. The largest absolute Gasteiger partial charge is 0.481 e. The van der Waals surface area contributed by atoms with E-state index in [4.69, 9.17) is 0 Å². The molecule has 126 valence electrons. The van der Waals surface area contributed by atoms with Crippen molar-refractivity contribution < 1.29 is 9.90 Å². The normalized spacial score (nSPS) is 14.0. The zero-order valence-corrected chi connectivity index (χ0v) is 14.8. The first-order chi connectivity index (χ1) is 10.1. The standard InChI is InChI=1S/C19H38O2/c1-4-6-8-10-11-13-15-17-19(3,18(20)21)16-14-12-9-7-5-2/h4-17H2,1-3H3,(H,20,21). The fourth-order valence-electron chi connectivity index (χ4n) is 2.93. The maximum atomic E-state index is 11.5. The first-order valence-electron chi connectivity index (χ1n) is 9.30. The average Bonchev–Trinajstić information content (AvgIpc) is 2.46. The van der Waals surface area contributed by atoms with Gasteiger partial charge in [-0.15, -0.1) is 0 Å². The summed E-state index contributed by atoms with van der Waals surface area (Å²) in [6.07, 6.45) is 16.6. The van der Waals surface area contributed by atoms with Crippen molar-refractivity contribution in [3.05, 3.63) is 0 Å². The summed E-state index contributed by atoms with van der Waals surface area (Å²) in [7, 11) is 0. The summed E-state index contributed by atoms with van der Waals surface area (Å²) in [4.78, 5) is 11.5. The predicted molar refractivity (Wildman–Crippen MR) is 91.7 cm³/mol. The second-order valence-electron chi connectivity index (χ2n) is 6.90. The van der Waals surface area contributed by atoms with Gasteiger partial charge >= 0.3 is 5.97 Å². The second kappa shape index (κ2) is 13.2. The van der Waals surface area contributed by atoms with Crippen LogP contribution in [0.2, 0.25) is 0 Å². The van der Waals surface area contributed by atoms with Crippen LogP contribution in [0.1, 0.15) is 111 Å². The van der Waals surface area contributed by atoms with Crippen molar-refractivity contribution in [1.29, 1.82) is 0 Å². The number of carboxylic acid groups (broad SMARTS) is 1. The Labute approximate surface area is 132 Å². The van der Waals surface area contributed by atoms with E-state index in [1.807, 2.05) is 6.92 Å². The summed E-state index contributed by atoms with van der Waals surface area (Å²) in [5, 5.41) is 9.51. The highest BCUT2D eigenvalue weighted by Gasteiger charge is 2.31. The Morgan fingerprint density at radius 2 is 1.05 bits per heavy atom. The molecule has 0 heterocycles.